The maximum Gasteiger partial charge on any atom is 0.146 e. The second kappa shape index (κ2) is 7.68. The molecule has 190 valence electrons. The van der Waals surface area contributed by atoms with Gasteiger partial charge in [-0.05, 0) is 60.7 Å². The number of fused-ring (bicyclic) bond motifs is 15. The summed E-state index contributed by atoms with van der Waals surface area (Å²) in [5.74, 6) is 0. The Morgan fingerprint density at radius 3 is 2.34 bits per heavy atom. The lowest BCUT2D eigenvalue weighted by Gasteiger charge is -2.11. The zero-order valence-corrected chi connectivity index (χ0v) is 22.6. The van der Waals surface area contributed by atoms with E-state index in [4.69, 9.17) is 9.97 Å². The number of imidazole rings is 1. The minimum Gasteiger partial charge on any atom is -0.309 e. The van der Waals surface area contributed by atoms with Crippen LogP contribution < -0.4 is 0 Å². The molecule has 0 saturated heterocycles. The van der Waals surface area contributed by atoms with E-state index >= 15 is 0 Å². The molecule has 0 bridgehead atoms. The van der Waals surface area contributed by atoms with E-state index in [0.29, 0.717) is 0 Å². The van der Waals surface area contributed by atoms with Crippen molar-refractivity contribution >= 4 is 91.8 Å². The van der Waals surface area contributed by atoms with Gasteiger partial charge in [0.2, 0.25) is 0 Å². The second-order valence-electron chi connectivity index (χ2n) is 10.6. The van der Waals surface area contributed by atoms with Crippen molar-refractivity contribution in [2.45, 2.75) is 0 Å². The first-order valence-electron chi connectivity index (χ1n) is 13.8. The van der Waals surface area contributed by atoms with Crippen molar-refractivity contribution in [2.24, 2.45) is 0 Å². The van der Waals surface area contributed by atoms with E-state index in [-0.39, 0.29) is 0 Å². The number of hydrogen-bond donors (Lipinski definition) is 0. The van der Waals surface area contributed by atoms with E-state index in [1.165, 1.54) is 42.0 Å². The van der Waals surface area contributed by atoms with E-state index in [2.05, 4.69) is 118 Å². The van der Waals surface area contributed by atoms with Crippen LogP contribution in [0.25, 0.3) is 86.2 Å². The topological polar surface area (TPSA) is 35.1 Å². The third-order valence-corrected chi connectivity index (χ3v) is 9.64. The van der Waals surface area contributed by atoms with E-state index in [0.717, 1.165) is 44.2 Å². The van der Waals surface area contributed by atoms with Crippen LogP contribution in [0, 0.1) is 0 Å². The van der Waals surface area contributed by atoms with E-state index < -0.39 is 0 Å². The van der Waals surface area contributed by atoms with Gasteiger partial charge in [0.05, 0.1) is 33.1 Å². The smallest absolute Gasteiger partial charge is 0.146 e. The van der Waals surface area contributed by atoms with Crippen molar-refractivity contribution in [3.8, 4) is 5.69 Å². The van der Waals surface area contributed by atoms with Crippen LogP contribution in [0.3, 0.4) is 0 Å². The Kier molecular flexibility index (Phi) is 4.04. The maximum atomic E-state index is 5.17. The van der Waals surface area contributed by atoms with Crippen LogP contribution in [0.4, 0.5) is 0 Å². The molecule has 0 fully saturated rings. The molecule has 0 saturated carbocycles. The molecule has 4 nitrogen and oxygen atoms in total. The predicted octanol–water partition coefficient (Wildman–Crippen LogP) is 9.65. The van der Waals surface area contributed by atoms with Crippen LogP contribution in [-0.4, -0.2) is 18.9 Å². The van der Waals surface area contributed by atoms with Crippen molar-refractivity contribution in [3.05, 3.63) is 121 Å². The van der Waals surface area contributed by atoms with Gasteiger partial charge in [-0.2, -0.15) is 0 Å². The van der Waals surface area contributed by atoms with Crippen LogP contribution >= 0.6 is 11.3 Å². The number of hydrogen-bond acceptors (Lipinski definition) is 3. The van der Waals surface area contributed by atoms with Crippen LogP contribution in [0.2, 0.25) is 0 Å². The Hall–Kier alpha value is -5.26. The number of thiophene rings is 1. The van der Waals surface area contributed by atoms with Gasteiger partial charge >= 0.3 is 0 Å². The molecular weight excluding hydrogens is 520 g/mol. The third kappa shape index (κ3) is 2.73. The molecule has 0 atom stereocenters. The van der Waals surface area contributed by atoms with Gasteiger partial charge in [0, 0.05) is 53.6 Å². The summed E-state index contributed by atoms with van der Waals surface area (Å²) in [5.41, 5.74) is 8.67. The summed E-state index contributed by atoms with van der Waals surface area (Å²) in [5, 5.41) is 7.31. The van der Waals surface area contributed by atoms with Crippen LogP contribution in [0.1, 0.15) is 0 Å². The number of benzene rings is 5. The van der Waals surface area contributed by atoms with Crippen molar-refractivity contribution in [2.75, 3.05) is 0 Å². The summed E-state index contributed by atoms with van der Waals surface area (Å²) in [6.07, 6.45) is 1.89. The Morgan fingerprint density at radius 2 is 1.39 bits per heavy atom. The van der Waals surface area contributed by atoms with Crippen molar-refractivity contribution in [3.63, 3.8) is 0 Å². The molecule has 5 heteroatoms. The number of aromatic nitrogens is 4. The summed E-state index contributed by atoms with van der Waals surface area (Å²) in [7, 11) is 0. The molecule has 0 N–H and O–H groups in total. The molecular formula is C36H20N4S. The molecule has 0 aliphatic carbocycles. The lowest BCUT2D eigenvalue weighted by Crippen LogP contribution is -1.96. The predicted molar refractivity (Wildman–Crippen MR) is 173 cm³/mol. The van der Waals surface area contributed by atoms with E-state index in [1.807, 2.05) is 23.6 Å². The van der Waals surface area contributed by atoms with Crippen LogP contribution in [0.15, 0.2) is 121 Å². The molecule has 5 aromatic carbocycles. The molecule has 10 rings (SSSR count). The summed E-state index contributed by atoms with van der Waals surface area (Å²) < 4.78 is 7.34. The van der Waals surface area contributed by atoms with Gasteiger partial charge in [-0.1, -0.05) is 54.6 Å². The van der Waals surface area contributed by atoms with Crippen LogP contribution in [0.5, 0.6) is 0 Å². The molecule has 0 radical (unpaired) electrons. The highest BCUT2D eigenvalue weighted by molar-refractivity contribution is 7.26. The maximum absolute atomic E-state index is 5.17. The van der Waals surface area contributed by atoms with Crippen molar-refractivity contribution < 1.29 is 0 Å². The fraction of sp³-hybridized carbons (Fsp3) is 0. The lowest BCUT2D eigenvalue weighted by molar-refractivity contribution is 1.19. The Bertz CT molecular complexity index is 2690. The van der Waals surface area contributed by atoms with Gasteiger partial charge in [0.15, 0.2) is 0 Å². The Labute approximate surface area is 237 Å². The van der Waals surface area contributed by atoms with Crippen LogP contribution in [-0.2, 0) is 0 Å². The first-order chi connectivity index (χ1) is 20.3. The molecule has 5 heterocycles. The zero-order chi connectivity index (χ0) is 26.7. The summed E-state index contributed by atoms with van der Waals surface area (Å²) in [6.45, 7) is 0. The first kappa shape index (κ1) is 21.5. The molecule has 5 aromatic heterocycles. The van der Waals surface area contributed by atoms with Gasteiger partial charge in [0.1, 0.15) is 5.65 Å². The molecule has 0 aliphatic rings. The molecule has 0 spiro atoms. The number of rotatable bonds is 1. The van der Waals surface area contributed by atoms with E-state index in [9.17, 15) is 0 Å². The highest BCUT2D eigenvalue weighted by Gasteiger charge is 2.21. The summed E-state index contributed by atoms with van der Waals surface area (Å²) in [4.78, 5) is 10.1. The lowest BCUT2D eigenvalue weighted by atomic mass is 10.0. The average Bonchev–Trinajstić information content (AvgIpc) is 3.70. The minimum atomic E-state index is 0.958. The standard InChI is InChI=1S/C36H20N4S/c1-2-9-21(10-3-1)39-30-20-26-25(34-29(14-8-18-37-34)40-28-13-6-5-12-27(28)38-36(26)40)19-24(30)22-16-17-32-33(35(22)39)23-11-4-7-15-31(23)41-32/h1-20H. The number of para-hydroxylation sites is 3. The highest BCUT2D eigenvalue weighted by Crippen LogP contribution is 2.44. The monoisotopic (exact) mass is 540 g/mol. The number of nitrogens with zero attached hydrogens (tertiary/aromatic N) is 4. The molecule has 0 amide bonds. The van der Waals surface area contributed by atoms with Gasteiger partial charge in [-0.3, -0.25) is 9.38 Å². The quantitative estimate of drug-likeness (QED) is 0.194. The van der Waals surface area contributed by atoms with Gasteiger partial charge in [-0.15, -0.1) is 11.3 Å². The Balaban J connectivity index is 1.51. The van der Waals surface area contributed by atoms with Gasteiger partial charge < -0.3 is 4.57 Å². The summed E-state index contributed by atoms with van der Waals surface area (Å²) >= 11 is 1.86. The molecule has 41 heavy (non-hydrogen) atoms. The first-order valence-corrected chi connectivity index (χ1v) is 14.6. The normalized spacial score (nSPS) is 12.4. The average molecular weight is 541 g/mol. The third-order valence-electron chi connectivity index (χ3n) is 8.51. The largest absolute Gasteiger partial charge is 0.309 e. The fourth-order valence-electron chi connectivity index (χ4n) is 6.82. The second-order valence-corrected chi connectivity index (χ2v) is 11.7. The summed E-state index contributed by atoms with van der Waals surface area (Å²) in [6, 6.07) is 41.3. The van der Waals surface area contributed by atoms with Gasteiger partial charge in [-0.25, -0.2) is 4.98 Å². The number of pyridine rings is 2. The highest BCUT2D eigenvalue weighted by atomic mass is 32.1. The molecule has 0 aliphatic heterocycles. The fourth-order valence-corrected chi connectivity index (χ4v) is 7.93. The van der Waals surface area contributed by atoms with Crippen molar-refractivity contribution in [1.29, 1.82) is 0 Å². The van der Waals surface area contributed by atoms with Gasteiger partial charge in [0.25, 0.3) is 0 Å². The molecule has 10 aromatic rings. The Morgan fingerprint density at radius 1 is 0.561 bits per heavy atom. The van der Waals surface area contributed by atoms with Crippen molar-refractivity contribution in [1.82, 2.24) is 18.9 Å². The van der Waals surface area contributed by atoms with E-state index in [1.54, 1.807) is 0 Å². The SMILES string of the molecule is c1ccc(-n2c3cc4c(cc3c3ccc5sc6ccccc6c5c32)c2ncccc2n2c3ccccc3nc42)cc1. The molecule has 0 unspecified atom stereocenters. The zero-order valence-electron chi connectivity index (χ0n) is 21.7. The minimum absolute atomic E-state index is 0.958.